The van der Waals surface area contributed by atoms with Crippen LogP contribution in [0, 0.1) is 0 Å². The fourth-order valence-corrected chi connectivity index (χ4v) is 9.75. The van der Waals surface area contributed by atoms with Gasteiger partial charge >= 0.3 is 0 Å². The van der Waals surface area contributed by atoms with Crippen molar-refractivity contribution in [2.45, 2.75) is 0 Å². The summed E-state index contributed by atoms with van der Waals surface area (Å²) in [5, 5.41) is 0. The molecule has 0 saturated carbocycles. The van der Waals surface area contributed by atoms with E-state index in [4.69, 9.17) is 15.0 Å². The molecule has 10 aromatic carbocycles. The average Bonchev–Trinajstić information content (AvgIpc) is 3.48. The molecule has 3 heteroatoms. The van der Waals surface area contributed by atoms with E-state index >= 15 is 0 Å². The molecular weight excluding hydrogens is 871 g/mol. The van der Waals surface area contributed by atoms with Gasteiger partial charge in [0.2, 0.25) is 0 Å². The average molecular weight is 918 g/mol. The highest BCUT2D eigenvalue weighted by Gasteiger charge is 2.25. The van der Waals surface area contributed by atoms with Crippen molar-refractivity contribution in [3.63, 3.8) is 0 Å². The Balaban J connectivity index is 0.966. The minimum Gasteiger partial charge on any atom is -0.246 e. The molecule has 12 aromatic rings. The lowest BCUT2D eigenvalue weighted by molar-refractivity contribution is 1.18. The zero-order valence-electron chi connectivity index (χ0n) is 39.5. The summed E-state index contributed by atoms with van der Waals surface area (Å²) in [6, 6.07) is 101. The molecule has 12 rings (SSSR count). The highest BCUT2D eigenvalue weighted by atomic mass is 14.9. The molecule has 0 spiro atoms. The molecule has 0 aliphatic rings. The summed E-state index contributed by atoms with van der Waals surface area (Å²) < 4.78 is 0. The van der Waals surface area contributed by atoms with Crippen LogP contribution in [0.3, 0.4) is 0 Å². The van der Waals surface area contributed by atoms with Crippen LogP contribution in [0.5, 0.6) is 0 Å². The Hall–Kier alpha value is -9.57. The van der Waals surface area contributed by atoms with E-state index in [1.807, 2.05) is 6.07 Å². The van der Waals surface area contributed by atoms with Gasteiger partial charge in [0.05, 0.1) is 22.8 Å². The summed E-state index contributed by atoms with van der Waals surface area (Å²) in [5.41, 5.74) is 22.2. The first-order valence-electron chi connectivity index (χ1n) is 24.4. The third-order valence-corrected chi connectivity index (χ3v) is 13.3. The molecule has 0 radical (unpaired) electrons. The van der Waals surface area contributed by atoms with Crippen LogP contribution in [0.25, 0.3) is 123 Å². The molecule has 0 unspecified atom stereocenters. The van der Waals surface area contributed by atoms with Crippen LogP contribution in [-0.2, 0) is 0 Å². The standard InChI is InChI=1S/C69H47N3/c1-7-21-48(22-8-1)58-33-19-35-60(45-58)63-47-62(70-69(71-63)61-36-20-34-59(46-61)49-23-9-2-10-24-49)52-41-37-50(38-42-52)51-39-43-55(44-40-51)64-65(53-25-11-3-12-26-53)67(56-29-15-5-16-30-56)72-68(57-31-17-6-18-32-57)66(64)54-27-13-4-14-28-54/h1-47H. The van der Waals surface area contributed by atoms with E-state index in [1.54, 1.807) is 0 Å². The SMILES string of the molecule is c1ccc(-c2cccc(-c3cc(-c4ccc(-c5ccc(-c6c(-c7ccccc7)c(-c7ccccc7)nc(-c7ccccc7)c6-c6ccccc6)cc5)cc4)nc(-c4cccc(-c5ccccc5)c4)n3)c2)cc1. The van der Waals surface area contributed by atoms with Crippen LogP contribution in [0.1, 0.15) is 0 Å². The van der Waals surface area contributed by atoms with Crippen LogP contribution in [-0.4, -0.2) is 15.0 Å². The Labute approximate surface area is 421 Å². The van der Waals surface area contributed by atoms with Gasteiger partial charge in [-0.25, -0.2) is 15.0 Å². The Morgan fingerprint density at radius 3 is 0.903 bits per heavy atom. The second-order valence-corrected chi connectivity index (χ2v) is 17.9. The van der Waals surface area contributed by atoms with E-state index < -0.39 is 0 Å². The number of hydrogen-bond donors (Lipinski definition) is 0. The number of pyridine rings is 1. The predicted octanol–water partition coefficient (Wildman–Crippen LogP) is 18.2. The van der Waals surface area contributed by atoms with Crippen molar-refractivity contribution in [2.24, 2.45) is 0 Å². The maximum Gasteiger partial charge on any atom is 0.160 e. The molecule has 2 heterocycles. The van der Waals surface area contributed by atoms with Crippen molar-refractivity contribution in [3.05, 3.63) is 285 Å². The normalized spacial score (nSPS) is 11.1. The predicted molar refractivity (Wildman–Crippen MR) is 300 cm³/mol. The zero-order chi connectivity index (χ0) is 48.1. The third-order valence-electron chi connectivity index (χ3n) is 13.3. The lowest BCUT2D eigenvalue weighted by atomic mass is 9.83. The number of aromatic nitrogens is 3. The smallest absolute Gasteiger partial charge is 0.160 e. The first-order valence-corrected chi connectivity index (χ1v) is 24.4. The Morgan fingerprint density at radius 2 is 0.458 bits per heavy atom. The number of rotatable bonds is 11. The minimum atomic E-state index is 0.678. The molecule has 72 heavy (non-hydrogen) atoms. The van der Waals surface area contributed by atoms with Crippen LogP contribution in [0.4, 0.5) is 0 Å². The van der Waals surface area contributed by atoms with Crippen molar-refractivity contribution in [1.29, 1.82) is 0 Å². The first-order chi connectivity index (χ1) is 35.7. The largest absolute Gasteiger partial charge is 0.246 e. The lowest BCUT2D eigenvalue weighted by Gasteiger charge is -2.23. The molecule has 0 aliphatic carbocycles. The Morgan fingerprint density at radius 1 is 0.167 bits per heavy atom. The van der Waals surface area contributed by atoms with Gasteiger partial charge in [0.25, 0.3) is 0 Å². The Bertz CT molecular complexity index is 3580. The summed E-state index contributed by atoms with van der Waals surface area (Å²) >= 11 is 0. The molecule has 0 saturated heterocycles. The number of benzene rings is 10. The molecule has 0 bridgehead atoms. The highest BCUT2D eigenvalue weighted by molar-refractivity contribution is 6.05. The third kappa shape index (κ3) is 8.95. The zero-order valence-corrected chi connectivity index (χ0v) is 39.5. The van der Waals surface area contributed by atoms with Gasteiger partial charge < -0.3 is 0 Å². The van der Waals surface area contributed by atoms with E-state index in [2.05, 4.69) is 279 Å². The molecular formula is C69H47N3. The molecule has 2 aromatic heterocycles. The van der Waals surface area contributed by atoms with Crippen molar-refractivity contribution in [3.8, 4) is 123 Å². The summed E-state index contributed by atoms with van der Waals surface area (Å²) in [6.07, 6.45) is 0. The molecule has 338 valence electrons. The highest BCUT2D eigenvalue weighted by Crippen LogP contribution is 2.49. The van der Waals surface area contributed by atoms with Gasteiger partial charge in [-0.15, -0.1) is 0 Å². The fourth-order valence-electron chi connectivity index (χ4n) is 9.75. The van der Waals surface area contributed by atoms with E-state index in [1.165, 1.54) is 0 Å². The summed E-state index contributed by atoms with van der Waals surface area (Å²) in [7, 11) is 0. The van der Waals surface area contributed by atoms with E-state index in [0.717, 1.165) is 117 Å². The van der Waals surface area contributed by atoms with E-state index in [0.29, 0.717) is 5.82 Å². The second kappa shape index (κ2) is 19.8. The first kappa shape index (κ1) is 43.7. The van der Waals surface area contributed by atoms with Gasteiger partial charge in [0.15, 0.2) is 5.82 Å². The van der Waals surface area contributed by atoms with Crippen LogP contribution in [0.15, 0.2) is 285 Å². The van der Waals surface area contributed by atoms with Gasteiger partial charge in [-0.1, -0.05) is 267 Å². The fraction of sp³-hybridized carbons (Fsp3) is 0. The van der Waals surface area contributed by atoms with Gasteiger partial charge in [0.1, 0.15) is 0 Å². The van der Waals surface area contributed by atoms with Gasteiger partial charge in [-0.3, -0.25) is 0 Å². The number of hydrogen-bond acceptors (Lipinski definition) is 3. The second-order valence-electron chi connectivity index (χ2n) is 17.9. The monoisotopic (exact) mass is 917 g/mol. The quantitative estimate of drug-likeness (QED) is 0.130. The van der Waals surface area contributed by atoms with Crippen LogP contribution in [0.2, 0.25) is 0 Å². The van der Waals surface area contributed by atoms with Crippen molar-refractivity contribution < 1.29 is 0 Å². The molecule has 0 amide bonds. The number of nitrogens with zero attached hydrogens (tertiary/aromatic N) is 3. The van der Waals surface area contributed by atoms with Crippen molar-refractivity contribution >= 4 is 0 Å². The molecule has 3 nitrogen and oxygen atoms in total. The van der Waals surface area contributed by atoms with Gasteiger partial charge in [0, 0.05) is 44.5 Å². The van der Waals surface area contributed by atoms with E-state index in [9.17, 15) is 0 Å². The van der Waals surface area contributed by atoms with Crippen LogP contribution < -0.4 is 0 Å². The topological polar surface area (TPSA) is 38.7 Å². The van der Waals surface area contributed by atoms with Crippen LogP contribution >= 0.6 is 0 Å². The summed E-state index contributed by atoms with van der Waals surface area (Å²) in [4.78, 5) is 16.1. The van der Waals surface area contributed by atoms with E-state index in [-0.39, 0.29) is 0 Å². The molecule has 0 aliphatic heterocycles. The maximum absolute atomic E-state index is 5.62. The van der Waals surface area contributed by atoms with Crippen molar-refractivity contribution in [1.82, 2.24) is 15.0 Å². The van der Waals surface area contributed by atoms with Gasteiger partial charge in [-0.2, -0.15) is 0 Å². The Kier molecular flexibility index (Phi) is 12.0. The summed E-state index contributed by atoms with van der Waals surface area (Å²) in [6.45, 7) is 0. The van der Waals surface area contributed by atoms with Crippen molar-refractivity contribution in [2.75, 3.05) is 0 Å². The summed E-state index contributed by atoms with van der Waals surface area (Å²) in [5.74, 6) is 0.678. The minimum absolute atomic E-state index is 0.678. The molecule has 0 N–H and O–H groups in total. The molecule has 0 fully saturated rings. The van der Waals surface area contributed by atoms with Gasteiger partial charge in [-0.05, 0) is 68.3 Å². The lowest BCUT2D eigenvalue weighted by Crippen LogP contribution is -2.01. The maximum atomic E-state index is 5.62. The molecule has 0 atom stereocenters.